The SMILES string of the molecule is C=C/C(C)=C\N=C(C)C1CCC(C(=O)N2C=CCC2c2ccccc2)CC1. The van der Waals surface area contributed by atoms with Gasteiger partial charge in [-0.1, -0.05) is 49.1 Å². The summed E-state index contributed by atoms with van der Waals surface area (Å²) < 4.78 is 0. The highest BCUT2D eigenvalue weighted by Crippen LogP contribution is 2.36. The number of hydrogen-bond acceptors (Lipinski definition) is 2. The minimum absolute atomic E-state index is 0.133. The second kappa shape index (κ2) is 8.98. The molecule has 0 saturated heterocycles. The van der Waals surface area contributed by atoms with Crippen LogP contribution in [0.3, 0.4) is 0 Å². The highest BCUT2D eigenvalue weighted by Gasteiger charge is 2.34. The first kappa shape index (κ1) is 19.3. The summed E-state index contributed by atoms with van der Waals surface area (Å²) >= 11 is 0. The van der Waals surface area contributed by atoms with E-state index in [9.17, 15) is 4.79 Å². The summed E-state index contributed by atoms with van der Waals surface area (Å²) in [4.78, 5) is 19.7. The van der Waals surface area contributed by atoms with Crippen molar-refractivity contribution < 1.29 is 4.79 Å². The number of carbonyl (C=O) groups excluding carboxylic acids is 1. The molecule has 3 nitrogen and oxygen atoms in total. The highest BCUT2D eigenvalue weighted by atomic mass is 16.2. The summed E-state index contributed by atoms with van der Waals surface area (Å²) in [5.74, 6) is 0.906. The van der Waals surface area contributed by atoms with Gasteiger partial charge in [0.25, 0.3) is 0 Å². The van der Waals surface area contributed by atoms with E-state index in [0.29, 0.717) is 5.92 Å². The molecule has 1 aliphatic heterocycles. The molecule has 1 aromatic rings. The molecule has 0 spiro atoms. The molecule has 0 aromatic heterocycles. The number of hydrogen-bond donors (Lipinski definition) is 0. The fourth-order valence-corrected chi connectivity index (χ4v) is 4.05. The van der Waals surface area contributed by atoms with Crippen LogP contribution in [0.1, 0.15) is 57.6 Å². The van der Waals surface area contributed by atoms with Crippen molar-refractivity contribution in [1.82, 2.24) is 4.90 Å². The summed E-state index contributed by atoms with van der Waals surface area (Å²) in [6.45, 7) is 7.87. The van der Waals surface area contributed by atoms with Crippen molar-refractivity contribution in [3.63, 3.8) is 0 Å². The van der Waals surface area contributed by atoms with Crippen LogP contribution in [-0.4, -0.2) is 16.5 Å². The predicted molar refractivity (Wildman–Crippen MR) is 112 cm³/mol. The summed E-state index contributed by atoms with van der Waals surface area (Å²) in [5, 5.41) is 0. The first-order chi connectivity index (χ1) is 13.1. The van der Waals surface area contributed by atoms with E-state index in [1.807, 2.05) is 48.5 Å². The van der Waals surface area contributed by atoms with Crippen molar-refractivity contribution >= 4 is 11.6 Å². The maximum atomic E-state index is 13.1. The van der Waals surface area contributed by atoms with E-state index in [-0.39, 0.29) is 17.9 Å². The van der Waals surface area contributed by atoms with Crippen LogP contribution in [0, 0.1) is 11.8 Å². The van der Waals surface area contributed by atoms with Crippen LogP contribution in [0.5, 0.6) is 0 Å². The minimum Gasteiger partial charge on any atom is -0.311 e. The molecule has 1 fully saturated rings. The second-order valence-electron chi connectivity index (χ2n) is 7.69. The van der Waals surface area contributed by atoms with Crippen LogP contribution in [0.25, 0.3) is 0 Å². The molecule has 1 heterocycles. The van der Waals surface area contributed by atoms with Gasteiger partial charge in [0.15, 0.2) is 0 Å². The third kappa shape index (κ3) is 4.65. The smallest absolute Gasteiger partial charge is 0.230 e. The third-order valence-corrected chi connectivity index (χ3v) is 5.86. The minimum atomic E-state index is 0.133. The summed E-state index contributed by atoms with van der Waals surface area (Å²) in [6, 6.07) is 10.5. The van der Waals surface area contributed by atoms with Crippen LogP contribution in [0.2, 0.25) is 0 Å². The van der Waals surface area contributed by atoms with E-state index < -0.39 is 0 Å². The summed E-state index contributed by atoms with van der Waals surface area (Å²) in [5.41, 5.74) is 3.47. The number of amides is 1. The van der Waals surface area contributed by atoms with Crippen molar-refractivity contribution in [2.24, 2.45) is 16.8 Å². The average molecular weight is 363 g/mol. The Morgan fingerprint density at radius 3 is 2.44 bits per heavy atom. The van der Waals surface area contributed by atoms with Gasteiger partial charge in [0.05, 0.1) is 6.04 Å². The lowest BCUT2D eigenvalue weighted by Gasteiger charge is -2.32. The molecule has 27 heavy (non-hydrogen) atoms. The van der Waals surface area contributed by atoms with Gasteiger partial charge in [0.2, 0.25) is 5.91 Å². The molecule has 3 rings (SSSR count). The molecule has 1 amide bonds. The molecule has 1 aromatic carbocycles. The molecule has 0 radical (unpaired) electrons. The first-order valence-electron chi connectivity index (χ1n) is 9.97. The Bertz CT molecular complexity index is 752. The first-order valence-corrected chi connectivity index (χ1v) is 9.97. The van der Waals surface area contributed by atoms with E-state index in [1.165, 1.54) is 11.3 Å². The molecule has 1 saturated carbocycles. The lowest BCUT2D eigenvalue weighted by molar-refractivity contribution is -0.135. The molecular formula is C24H30N2O. The Hall–Kier alpha value is -2.42. The van der Waals surface area contributed by atoms with Crippen molar-refractivity contribution in [3.05, 3.63) is 72.6 Å². The Balaban J connectivity index is 1.60. The molecule has 3 heteroatoms. The molecule has 1 unspecified atom stereocenters. The number of carbonyl (C=O) groups is 1. The van der Waals surface area contributed by atoms with Crippen LogP contribution in [-0.2, 0) is 4.79 Å². The molecule has 2 aliphatic rings. The molecular weight excluding hydrogens is 332 g/mol. The van der Waals surface area contributed by atoms with Crippen LogP contribution in [0.15, 0.2) is 72.0 Å². The third-order valence-electron chi connectivity index (χ3n) is 5.86. The second-order valence-corrected chi connectivity index (χ2v) is 7.69. The normalized spacial score (nSPS) is 26.3. The van der Waals surface area contributed by atoms with E-state index in [1.54, 1.807) is 0 Å². The quantitative estimate of drug-likeness (QED) is 0.479. The van der Waals surface area contributed by atoms with E-state index in [0.717, 1.165) is 37.7 Å². The number of allylic oxidation sites excluding steroid dienone is 2. The predicted octanol–water partition coefficient (Wildman–Crippen LogP) is 5.83. The van der Waals surface area contributed by atoms with E-state index >= 15 is 0 Å². The zero-order valence-electron chi connectivity index (χ0n) is 16.5. The maximum Gasteiger partial charge on any atom is 0.230 e. The number of rotatable bonds is 5. The summed E-state index contributed by atoms with van der Waals surface area (Å²) in [6.07, 6.45) is 12.7. The Morgan fingerprint density at radius 1 is 1.11 bits per heavy atom. The summed E-state index contributed by atoms with van der Waals surface area (Å²) in [7, 11) is 0. The van der Waals surface area contributed by atoms with Crippen LogP contribution >= 0.6 is 0 Å². The van der Waals surface area contributed by atoms with Crippen molar-refractivity contribution in [3.8, 4) is 0 Å². The fraction of sp³-hybridized carbons (Fsp3) is 0.417. The van der Waals surface area contributed by atoms with Gasteiger partial charge < -0.3 is 4.90 Å². The highest BCUT2D eigenvalue weighted by molar-refractivity contribution is 5.86. The largest absolute Gasteiger partial charge is 0.311 e. The van der Waals surface area contributed by atoms with Gasteiger partial charge in [-0.05, 0) is 63.0 Å². The van der Waals surface area contributed by atoms with Crippen LogP contribution < -0.4 is 0 Å². The van der Waals surface area contributed by atoms with Gasteiger partial charge in [-0.15, -0.1) is 0 Å². The number of aliphatic imine (C=N–C) groups is 1. The molecule has 1 aliphatic carbocycles. The molecule has 142 valence electrons. The molecule has 0 N–H and O–H groups in total. The van der Waals surface area contributed by atoms with Crippen molar-refractivity contribution in [2.75, 3.05) is 0 Å². The molecule has 1 atom stereocenters. The fourth-order valence-electron chi connectivity index (χ4n) is 4.05. The van der Waals surface area contributed by atoms with Gasteiger partial charge >= 0.3 is 0 Å². The van der Waals surface area contributed by atoms with Gasteiger partial charge in [-0.3, -0.25) is 9.79 Å². The average Bonchev–Trinajstić information content (AvgIpc) is 3.21. The topological polar surface area (TPSA) is 32.7 Å². The molecule has 0 bridgehead atoms. The Kier molecular flexibility index (Phi) is 6.44. The number of nitrogens with zero attached hydrogens (tertiary/aromatic N) is 2. The maximum absolute atomic E-state index is 13.1. The van der Waals surface area contributed by atoms with Gasteiger partial charge in [-0.2, -0.15) is 0 Å². The van der Waals surface area contributed by atoms with Crippen LogP contribution in [0.4, 0.5) is 0 Å². The van der Waals surface area contributed by atoms with E-state index in [2.05, 4.69) is 36.7 Å². The van der Waals surface area contributed by atoms with E-state index in [4.69, 9.17) is 0 Å². The van der Waals surface area contributed by atoms with Crippen molar-refractivity contribution in [1.29, 1.82) is 0 Å². The standard InChI is InChI=1S/C24H30N2O/c1-4-18(2)17-25-19(3)20-12-14-22(15-13-20)24(27)26-16-8-11-23(26)21-9-6-5-7-10-21/h4-10,16-17,20,22-23H,1,11-15H2,2-3H3/b18-17-,25-19?. The zero-order chi connectivity index (χ0) is 19.2. The van der Waals surface area contributed by atoms with Gasteiger partial charge in [0, 0.05) is 24.0 Å². The van der Waals surface area contributed by atoms with Gasteiger partial charge in [-0.25, -0.2) is 0 Å². The number of benzene rings is 1. The van der Waals surface area contributed by atoms with Gasteiger partial charge in [0.1, 0.15) is 0 Å². The Labute approximate surface area is 163 Å². The lowest BCUT2D eigenvalue weighted by atomic mass is 9.79. The zero-order valence-corrected chi connectivity index (χ0v) is 16.5. The lowest BCUT2D eigenvalue weighted by Crippen LogP contribution is -2.35. The van der Waals surface area contributed by atoms with Crippen molar-refractivity contribution in [2.45, 2.75) is 52.0 Å². The Morgan fingerprint density at radius 2 is 1.78 bits per heavy atom. The monoisotopic (exact) mass is 362 g/mol.